The summed E-state index contributed by atoms with van der Waals surface area (Å²) in [6, 6.07) is 10.5. The summed E-state index contributed by atoms with van der Waals surface area (Å²) in [5, 5.41) is 22.8. The van der Waals surface area contributed by atoms with Crippen LogP contribution in [0, 0.1) is 21.4 Å². The van der Waals surface area contributed by atoms with Crippen LogP contribution in [0.15, 0.2) is 42.0 Å². The summed E-state index contributed by atoms with van der Waals surface area (Å²) in [6.07, 6.45) is 1.36. The molecule has 9 nitrogen and oxygen atoms in total. The number of hydrogen-bond acceptors (Lipinski definition) is 7. The van der Waals surface area contributed by atoms with Crippen molar-refractivity contribution < 1.29 is 23.9 Å². The number of carbonyl (C=O) groups is 1. The zero-order valence-electron chi connectivity index (χ0n) is 15.4. The molecular weight excluding hydrogens is 366 g/mol. The van der Waals surface area contributed by atoms with Gasteiger partial charge in [-0.15, -0.1) is 0 Å². The standard InChI is InChI=1S/C19H17N3O6/c1-26-16-7-5-14(22(24)25)10-15(16)21-19(23)13(11-20)8-12-4-6-17(27-2)18(9-12)28-3/h4-10H,1-3H3,(H,21,23)/b13-8+. The molecule has 2 aromatic carbocycles. The van der Waals surface area contributed by atoms with E-state index in [1.54, 1.807) is 18.2 Å². The average molecular weight is 383 g/mol. The summed E-state index contributed by atoms with van der Waals surface area (Å²) >= 11 is 0. The Hall–Kier alpha value is -4.06. The number of nitrogens with zero attached hydrogens (tertiary/aromatic N) is 2. The number of hydrogen-bond donors (Lipinski definition) is 1. The highest BCUT2D eigenvalue weighted by atomic mass is 16.6. The summed E-state index contributed by atoms with van der Waals surface area (Å²) < 4.78 is 15.4. The van der Waals surface area contributed by atoms with Crippen molar-refractivity contribution >= 4 is 23.4 Å². The fourth-order valence-electron chi connectivity index (χ4n) is 2.35. The predicted molar refractivity (Wildman–Crippen MR) is 101 cm³/mol. The molecule has 0 aliphatic heterocycles. The summed E-state index contributed by atoms with van der Waals surface area (Å²) in [7, 11) is 4.33. The molecule has 0 fully saturated rings. The average Bonchev–Trinajstić information content (AvgIpc) is 2.71. The molecule has 0 unspecified atom stereocenters. The fraction of sp³-hybridized carbons (Fsp3) is 0.158. The number of ether oxygens (including phenoxy) is 3. The molecule has 0 radical (unpaired) electrons. The SMILES string of the molecule is COc1ccc([N+](=O)[O-])cc1NC(=O)/C(C#N)=C/c1ccc(OC)c(OC)c1. The molecule has 0 aliphatic rings. The molecule has 144 valence electrons. The van der Waals surface area contributed by atoms with Gasteiger partial charge >= 0.3 is 0 Å². The molecule has 0 aliphatic carbocycles. The van der Waals surface area contributed by atoms with Crippen molar-refractivity contribution in [1.29, 1.82) is 5.26 Å². The summed E-state index contributed by atoms with van der Waals surface area (Å²) in [4.78, 5) is 22.8. The smallest absolute Gasteiger partial charge is 0.271 e. The number of carbonyl (C=O) groups excluding carboxylic acids is 1. The number of benzene rings is 2. The van der Waals surface area contributed by atoms with Crippen molar-refractivity contribution in [3.8, 4) is 23.3 Å². The highest BCUT2D eigenvalue weighted by Gasteiger charge is 2.16. The molecule has 1 N–H and O–H groups in total. The number of amides is 1. The summed E-state index contributed by atoms with van der Waals surface area (Å²) in [6.45, 7) is 0. The minimum Gasteiger partial charge on any atom is -0.495 e. The summed E-state index contributed by atoms with van der Waals surface area (Å²) in [5.41, 5.74) is 0.185. The summed E-state index contributed by atoms with van der Waals surface area (Å²) in [5.74, 6) is 0.427. The van der Waals surface area contributed by atoms with E-state index in [-0.39, 0.29) is 22.7 Å². The lowest BCUT2D eigenvalue weighted by Crippen LogP contribution is -2.14. The van der Waals surface area contributed by atoms with Gasteiger partial charge in [0, 0.05) is 12.1 Å². The fourth-order valence-corrected chi connectivity index (χ4v) is 2.35. The highest BCUT2D eigenvalue weighted by molar-refractivity contribution is 6.10. The first-order valence-corrected chi connectivity index (χ1v) is 7.91. The molecule has 0 aromatic heterocycles. The second kappa shape index (κ2) is 9.05. The highest BCUT2D eigenvalue weighted by Crippen LogP contribution is 2.30. The van der Waals surface area contributed by atoms with Crippen LogP contribution >= 0.6 is 0 Å². The van der Waals surface area contributed by atoms with Gasteiger partial charge in [-0.25, -0.2) is 0 Å². The maximum Gasteiger partial charge on any atom is 0.271 e. The van der Waals surface area contributed by atoms with E-state index in [4.69, 9.17) is 14.2 Å². The molecule has 0 spiro atoms. The van der Waals surface area contributed by atoms with Gasteiger partial charge in [0.1, 0.15) is 17.4 Å². The van der Waals surface area contributed by atoms with Gasteiger partial charge in [-0.1, -0.05) is 6.07 Å². The van der Waals surface area contributed by atoms with Crippen molar-refractivity contribution in [2.45, 2.75) is 0 Å². The van der Waals surface area contributed by atoms with Crippen LogP contribution in [0.5, 0.6) is 17.2 Å². The molecule has 0 saturated carbocycles. The van der Waals surface area contributed by atoms with Crippen molar-refractivity contribution in [2.75, 3.05) is 26.6 Å². The Bertz CT molecular complexity index is 978. The van der Waals surface area contributed by atoms with E-state index in [0.717, 1.165) is 6.07 Å². The number of anilines is 1. The van der Waals surface area contributed by atoms with E-state index >= 15 is 0 Å². The maximum absolute atomic E-state index is 12.5. The Morgan fingerprint density at radius 2 is 1.71 bits per heavy atom. The van der Waals surface area contributed by atoms with Gasteiger partial charge in [0.15, 0.2) is 11.5 Å². The van der Waals surface area contributed by atoms with Crippen LogP contribution in [-0.4, -0.2) is 32.2 Å². The molecule has 0 saturated heterocycles. The first kappa shape index (κ1) is 20.3. The molecule has 2 rings (SSSR count). The minimum atomic E-state index is -0.740. The van der Waals surface area contributed by atoms with Crippen LogP contribution in [0.2, 0.25) is 0 Å². The number of nitrogens with one attached hydrogen (secondary N) is 1. The number of nitro groups is 1. The third-order valence-corrected chi connectivity index (χ3v) is 3.73. The minimum absolute atomic E-state index is 0.0789. The van der Waals surface area contributed by atoms with Crippen molar-refractivity contribution in [3.05, 3.63) is 57.6 Å². The molecular formula is C19H17N3O6. The van der Waals surface area contributed by atoms with E-state index in [1.165, 1.54) is 39.5 Å². The van der Waals surface area contributed by atoms with E-state index in [1.807, 2.05) is 6.07 Å². The molecule has 2 aromatic rings. The van der Waals surface area contributed by atoms with Crippen LogP contribution in [-0.2, 0) is 4.79 Å². The normalized spacial score (nSPS) is 10.6. The van der Waals surface area contributed by atoms with Crippen LogP contribution in [0.1, 0.15) is 5.56 Å². The van der Waals surface area contributed by atoms with E-state index in [2.05, 4.69) is 5.32 Å². The Kier molecular flexibility index (Phi) is 6.54. The van der Waals surface area contributed by atoms with Crippen LogP contribution < -0.4 is 19.5 Å². The Morgan fingerprint density at radius 3 is 2.29 bits per heavy atom. The molecule has 1 amide bonds. The zero-order chi connectivity index (χ0) is 20.7. The Balaban J connectivity index is 2.34. The van der Waals surface area contributed by atoms with Gasteiger partial charge in [-0.2, -0.15) is 5.26 Å². The third-order valence-electron chi connectivity index (χ3n) is 3.73. The van der Waals surface area contributed by atoms with Crippen LogP contribution in [0.25, 0.3) is 6.08 Å². The van der Waals surface area contributed by atoms with Gasteiger partial charge in [0.2, 0.25) is 0 Å². The maximum atomic E-state index is 12.5. The first-order valence-electron chi connectivity index (χ1n) is 7.91. The number of nitriles is 1. The van der Waals surface area contributed by atoms with Gasteiger partial charge < -0.3 is 19.5 Å². The molecule has 9 heteroatoms. The van der Waals surface area contributed by atoms with E-state index in [0.29, 0.717) is 17.1 Å². The second-order valence-corrected chi connectivity index (χ2v) is 5.38. The van der Waals surface area contributed by atoms with Gasteiger partial charge in [0.25, 0.3) is 11.6 Å². The number of non-ortho nitro benzene ring substituents is 1. The van der Waals surface area contributed by atoms with Crippen LogP contribution in [0.3, 0.4) is 0 Å². The van der Waals surface area contributed by atoms with Crippen molar-refractivity contribution in [1.82, 2.24) is 0 Å². The number of nitro benzene ring substituents is 1. The number of methoxy groups -OCH3 is 3. The van der Waals surface area contributed by atoms with Crippen molar-refractivity contribution in [3.63, 3.8) is 0 Å². The van der Waals surface area contributed by atoms with Crippen LogP contribution in [0.4, 0.5) is 11.4 Å². The van der Waals surface area contributed by atoms with Gasteiger partial charge in [-0.3, -0.25) is 14.9 Å². The van der Waals surface area contributed by atoms with Gasteiger partial charge in [0.05, 0.1) is 31.9 Å². The second-order valence-electron chi connectivity index (χ2n) is 5.38. The lowest BCUT2D eigenvalue weighted by molar-refractivity contribution is -0.384. The predicted octanol–water partition coefficient (Wildman–Crippen LogP) is 3.17. The molecule has 0 bridgehead atoms. The largest absolute Gasteiger partial charge is 0.495 e. The van der Waals surface area contributed by atoms with E-state index in [9.17, 15) is 20.2 Å². The zero-order valence-corrected chi connectivity index (χ0v) is 15.4. The monoisotopic (exact) mass is 383 g/mol. The number of rotatable bonds is 7. The first-order chi connectivity index (χ1) is 13.4. The quantitative estimate of drug-likeness (QED) is 0.337. The third kappa shape index (κ3) is 4.56. The topological polar surface area (TPSA) is 124 Å². The molecule has 0 atom stereocenters. The Morgan fingerprint density at radius 1 is 1.07 bits per heavy atom. The molecule has 28 heavy (non-hydrogen) atoms. The van der Waals surface area contributed by atoms with Gasteiger partial charge in [-0.05, 0) is 29.8 Å². The lowest BCUT2D eigenvalue weighted by atomic mass is 10.1. The Labute approximate surface area is 160 Å². The van der Waals surface area contributed by atoms with Crippen molar-refractivity contribution in [2.24, 2.45) is 0 Å². The molecule has 0 heterocycles. The lowest BCUT2D eigenvalue weighted by Gasteiger charge is -2.10. The van der Waals surface area contributed by atoms with E-state index < -0.39 is 10.8 Å².